The molecule has 2 rings (SSSR count). The van der Waals surface area contributed by atoms with Gasteiger partial charge in [-0.15, -0.1) is 0 Å². The van der Waals surface area contributed by atoms with Crippen LogP contribution in [0.15, 0.2) is 29.2 Å². The van der Waals surface area contributed by atoms with E-state index in [0.717, 1.165) is 5.56 Å². The topological polar surface area (TPSA) is 111 Å². The molecule has 1 aliphatic heterocycles. The first kappa shape index (κ1) is 15.9. The van der Waals surface area contributed by atoms with E-state index >= 15 is 0 Å². The summed E-state index contributed by atoms with van der Waals surface area (Å²) in [4.78, 5) is 12.0. The van der Waals surface area contributed by atoms with Gasteiger partial charge < -0.3 is 15.4 Å². The first-order valence-corrected chi connectivity index (χ1v) is 8.10. The van der Waals surface area contributed by atoms with Crippen molar-refractivity contribution in [3.8, 4) is 0 Å². The van der Waals surface area contributed by atoms with Crippen molar-refractivity contribution < 1.29 is 17.9 Å². The molecule has 1 amide bonds. The van der Waals surface area contributed by atoms with Crippen molar-refractivity contribution in [3.63, 3.8) is 0 Å². The van der Waals surface area contributed by atoms with Gasteiger partial charge >= 0.3 is 0 Å². The Morgan fingerprint density at radius 2 is 2.10 bits per heavy atom. The van der Waals surface area contributed by atoms with Crippen molar-refractivity contribution in [1.82, 2.24) is 10.6 Å². The average Bonchev–Trinajstić information content (AvgIpc) is 2.93. The maximum absolute atomic E-state index is 12.0. The summed E-state index contributed by atoms with van der Waals surface area (Å²) in [6.07, 6.45) is 0.710. The van der Waals surface area contributed by atoms with Gasteiger partial charge in [0.05, 0.1) is 17.0 Å². The molecular weight excluding hydrogens is 294 g/mol. The van der Waals surface area contributed by atoms with Crippen molar-refractivity contribution in [2.24, 2.45) is 5.14 Å². The van der Waals surface area contributed by atoms with E-state index in [-0.39, 0.29) is 22.9 Å². The lowest BCUT2D eigenvalue weighted by atomic mass is 10.2. The third kappa shape index (κ3) is 4.24. The van der Waals surface area contributed by atoms with E-state index in [0.29, 0.717) is 19.5 Å². The molecule has 0 bridgehead atoms. The molecule has 0 aromatic heterocycles. The van der Waals surface area contributed by atoms with E-state index in [1.807, 2.05) is 0 Å². The minimum atomic E-state index is -3.68. The van der Waals surface area contributed by atoms with Crippen LogP contribution in [0.25, 0.3) is 0 Å². The number of primary sulfonamides is 1. The van der Waals surface area contributed by atoms with Gasteiger partial charge in [0.1, 0.15) is 0 Å². The molecule has 0 spiro atoms. The van der Waals surface area contributed by atoms with Crippen molar-refractivity contribution in [1.29, 1.82) is 0 Å². The first-order chi connectivity index (χ1) is 9.90. The molecule has 1 aromatic carbocycles. The van der Waals surface area contributed by atoms with Crippen LogP contribution < -0.4 is 15.8 Å². The summed E-state index contributed by atoms with van der Waals surface area (Å²) in [5.74, 6) is -0.0925. The molecule has 21 heavy (non-hydrogen) atoms. The van der Waals surface area contributed by atoms with Gasteiger partial charge in [0.15, 0.2) is 0 Å². The van der Waals surface area contributed by atoms with E-state index in [4.69, 9.17) is 9.88 Å². The molecule has 0 radical (unpaired) electrons. The molecule has 0 saturated carbocycles. The molecule has 8 heteroatoms. The Morgan fingerprint density at radius 1 is 1.43 bits per heavy atom. The number of amides is 1. The average molecular weight is 313 g/mol. The Kier molecular flexibility index (Phi) is 4.94. The number of benzene rings is 1. The fourth-order valence-corrected chi connectivity index (χ4v) is 2.71. The van der Waals surface area contributed by atoms with Gasteiger partial charge in [0, 0.05) is 20.2 Å². The zero-order chi connectivity index (χ0) is 15.5. The summed E-state index contributed by atoms with van der Waals surface area (Å²) in [6, 6.07) is 5.84. The normalized spacial score (nSPS) is 22.2. The molecule has 1 fully saturated rings. The van der Waals surface area contributed by atoms with Crippen LogP contribution in [0.5, 0.6) is 0 Å². The molecule has 1 aliphatic rings. The zero-order valence-electron chi connectivity index (χ0n) is 11.7. The number of carbonyl (C=O) groups excluding carboxylic acids is 1. The Bertz CT molecular complexity index is 600. The largest absolute Gasteiger partial charge is 0.380 e. The molecule has 0 aliphatic carbocycles. The van der Waals surface area contributed by atoms with Gasteiger partial charge in [0.25, 0.3) is 0 Å². The van der Waals surface area contributed by atoms with Crippen molar-refractivity contribution in [3.05, 3.63) is 29.8 Å². The molecule has 2 atom stereocenters. The number of sulfonamides is 1. The molecule has 1 heterocycles. The molecule has 7 nitrogen and oxygen atoms in total. The minimum Gasteiger partial charge on any atom is -0.380 e. The number of ether oxygens (including phenoxy) is 1. The molecule has 1 saturated heterocycles. The van der Waals surface area contributed by atoms with Gasteiger partial charge in [-0.25, -0.2) is 13.6 Å². The second kappa shape index (κ2) is 6.52. The second-order valence-corrected chi connectivity index (χ2v) is 6.52. The van der Waals surface area contributed by atoms with E-state index in [2.05, 4.69) is 10.6 Å². The number of methoxy groups -OCH3 is 1. The fourth-order valence-electron chi connectivity index (χ4n) is 2.19. The van der Waals surface area contributed by atoms with Crippen LogP contribution in [-0.2, 0) is 26.1 Å². The van der Waals surface area contributed by atoms with Crippen LogP contribution in [0, 0.1) is 0 Å². The van der Waals surface area contributed by atoms with Crippen LogP contribution in [0.4, 0.5) is 0 Å². The number of nitrogens with two attached hydrogens (primary N) is 1. The SMILES string of the molecule is COC1CNC(C(=O)NCc2ccc(S(N)(=O)=O)cc2)C1. The van der Waals surface area contributed by atoms with E-state index in [1.165, 1.54) is 12.1 Å². The zero-order valence-corrected chi connectivity index (χ0v) is 12.5. The number of rotatable bonds is 5. The van der Waals surface area contributed by atoms with E-state index < -0.39 is 10.0 Å². The summed E-state index contributed by atoms with van der Waals surface area (Å²) in [5.41, 5.74) is 0.803. The van der Waals surface area contributed by atoms with Gasteiger partial charge in [-0.2, -0.15) is 0 Å². The Hall–Kier alpha value is -1.48. The van der Waals surface area contributed by atoms with Crippen molar-refractivity contribution in [2.45, 2.75) is 30.0 Å². The molecule has 2 unspecified atom stereocenters. The predicted molar refractivity (Wildman–Crippen MR) is 76.9 cm³/mol. The van der Waals surface area contributed by atoms with Crippen LogP contribution in [0.3, 0.4) is 0 Å². The lowest BCUT2D eigenvalue weighted by molar-refractivity contribution is -0.123. The van der Waals surface area contributed by atoms with E-state index in [9.17, 15) is 13.2 Å². The highest BCUT2D eigenvalue weighted by atomic mass is 32.2. The van der Waals surface area contributed by atoms with Gasteiger partial charge in [-0.1, -0.05) is 12.1 Å². The summed E-state index contributed by atoms with van der Waals surface area (Å²) < 4.78 is 27.5. The van der Waals surface area contributed by atoms with Crippen molar-refractivity contribution >= 4 is 15.9 Å². The molecule has 116 valence electrons. The number of carbonyl (C=O) groups is 1. The predicted octanol–water partition coefficient (Wildman–Crippen LogP) is -0.673. The number of hydrogen-bond acceptors (Lipinski definition) is 5. The fraction of sp³-hybridized carbons (Fsp3) is 0.462. The highest BCUT2D eigenvalue weighted by Crippen LogP contribution is 2.11. The maximum Gasteiger partial charge on any atom is 0.238 e. The summed E-state index contributed by atoms with van der Waals surface area (Å²) in [5, 5.41) is 10.9. The van der Waals surface area contributed by atoms with Crippen LogP contribution in [-0.4, -0.2) is 40.1 Å². The Morgan fingerprint density at radius 3 is 2.62 bits per heavy atom. The van der Waals surface area contributed by atoms with Crippen LogP contribution >= 0.6 is 0 Å². The van der Waals surface area contributed by atoms with Gasteiger partial charge in [-0.3, -0.25) is 4.79 Å². The third-order valence-electron chi connectivity index (χ3n) is 3.46. The highest BCUT2D eigenvalue weighted by Gasteiger charge is 2.28. The van der Waals surface area contributed by atoms with Crippen molar-refractivity contribution in [2.75, 3.05) is 13.7 Å². The second-order valence-electron chi connectivity index (χ2n) is 4.96. The number of hydrogen-bond donors (Lipinski definition) is 3. The highest BCUT2D eigenvalue weighted by molar-refractivity contribution is 7.89. The van der Waals surface area contributed by atoms with Crippen LogP contribution in [0.1, 0.15) is 12.0 Å². The van der Waals surface area contributed by atoms with Gasteiger partial charge in [-0.05, 0) is 24.1 Å². The van der Waals surface area contributed by atoms with Gasteiger partial charge in [0.2, 0.25) is 15.9 Å². The lowest BCUT2D eigenvalue weighted by Gasteiger charge is -2.11. The molecular formula is C13H19N3O4S. The molecule has 1 aromatic rings. The Labute approximate surface area is 123 Å². The quantitative estimate of drug-likeness (QED) is 0.667. The first-order valence-electron chi connectivity index (χ1n) is 6.56. The third-order valence-corrected chi connectivity index (χ3v) is 4.39. The summed E-state index contributed by atoms with van der Waals surface area (Å²) in [6.45, 7) is 0.997. The monoisotopic (exact) mass is 313 g/mol. The summed E-state index contributed by atoms with van der Waals surface area (Å²) in [7, 11) is -2.06. The number of nitrogens with one attached hydrogen (secondary N) is 2. The Balaban J connectivity index is 1.87. The van der Waals surface area contributed by atoms with E-state index in [1.54, 1.807) is 19.2 Å². The standard InChI is InChI=1S/C13H19N3O4S/c1-20-10-6-12(15-8-10)13(17)16-7-9-2-4-11(5-3-9)21(14,18)19/h2-5,10,12,15H,6-8H2,1H3,(H,16,17)(H2,14,18,19). The van der Waals surface area contributed by atoms with Crippen LogP contribution in [0.2, 0.25) is 0 Å². The minimum absolute atomic E-state index is 0.0537. The summed E-state index contributed by atoms with van der Waals surface area (Å²) >= 11 is 0. The molecule has 4 N–H and O–H groups in total. The lowest BCUT2D eigenvalue weighted by Crippen LogP contribution is -2.40. The smallest absolute Gasteiger partial charge is 0.238 e. The maximum atomic E-state index is 12.0.